The average Bonchev–Trinajstić information content (AvgIpc) is 3.29. The van der Waals surface area contributed by atoms with Gasteiger partial charge in [-0.1, -0.05) is 0 Å². The molecule has 1 unspecified atom stereocenters. The second-order valence-corrected chi connectivity index (χ2v) is 8.41. The maximum atomic E-state index is 13.0. The molecule has 3 heterocycles. The second kappa shape index (κ2) is 6.17. The highest BCUT2D eigenvalue weighted by Crippen LogP contribution is 2.40. The first-order valence-corrected chi connectivity index (χ1v) is 9.57. The Bertz CT molecular complexity index is 617. The second-order valence-electron chi connectivity index (χ2n) is 8.41. The van der Waals surface area contributed by atoms with Crippen LogP contribution in [0.15, 0.2) is 6.20 Å². The largest absolute Gasteiger partial charge is 0.338 e. The number of nitrogens with zero attached hydrogens (tertiary/aromatic N) is 4. The van der Waals surface area contributed by atoms with E-state index < -0.39 is 0 Å². The van der Waals surface area contributed by atoms with E-state index in [1.165, 1.54) is 51.7 Å². The molecule has 1 spiro atoms. The number of amides is 1. The van der Waals surface area contributed by atoms with Gasteiger partial charge in [0, 0.05) is 44.8 Å². The molecule has 24 heavy (non-hydrogen) atoms. The molecule has 3 aliphatic rings. The quantitative estimate of drug-likeness (QED) is 0.855. The maximum Gasteiger partial charge on any atom is 0.257 e. The molecule has 0 aromatic carbocycles. The lowest BCUT2D eigenvalue weighted by Gasteiger charge is -2.48. The van der Waals surface area contributed by atoms with Crippen LogP contribution in [0.25, 0.3) is 0 Å². The van der Waals surface area contributed by atoms with Crippen LogP contribution in [0.2, 0.25) is 0 Å². The highest BCUT2D eigenvalue weighted by atomic mass is 16.2. The standard InChI is InChI=1S/C19H30N4O/c1-15-17(12-21(2)20-15)18(24)23-10-4-8-19(14-23)7-3-9-22(13-19)11-16-5-6-16/h12,16H,3-11,13-14H2,1-2H3. The summed E-state index contributed by atoms with van der Waals surface area (Å²) < 4.78 is 1.75. The van der Waals surface area contributed by atoms with Crippen molar-refractivity contribution >= 4 is 5.91 Å². The van der Waals surface area contributed by atoms with Crippen molar-refractivity contribution in [3.8, 4) is 0 Å². The van der Waals surface area contributed by atoms with Crippen molar-refractivity contribution in [2.24, 2.45) is 18.4 Å². The van der Waals surface area contributed by atoms with Crippen molar-refractivity contribution in [2.75, 3.05) is 32.7 Å². The monoisotopic (exact) mass is 330 g/mol. The van der Waals surface area contributed by atoms with Crippen molar-refractivity contribution in [3.63, 3.8) is 0 Å². The van der Waals surface area contributed by atoms with Crippen LogP contribution in [-0.4, -0.2) is 58.2 Å². The fourth-order valence-corrected chi connectivity index (χ4v) is 4.83. The smallest absolute Gasteiger partial charge is 0.257 e. The van der Waals surface area contributed by atoms with Crippen LogP contribution < -0.4 is 0 Å². The Kier molecular flexibility index (Phi) is 4.15. The van der Waals surface area contributed by atoms with Gasteiger partial charge in [0.05, 0.1) is 11.3 Å². The first kappa shape index (κ1) is 16.1. The van der Waals surface area contributed by atoms with Crippen LogP contribution in [0.4, 0.5) is 0 Å². The van der Waals surface area contributed by atoms with Gasteiger partial charge in [-0.3, -0.25) is 9.48 Å². The van der Waals surface area contributed by atoms with Crippen LogP contribution in [0.3, 0.4) is 0 Å². The molecule has 2 aliphatic heterocycles. The van der Waals surface area contributed by atoms with Crippen molar-refractivity contribution < 1.29 is 4.79 Å². The Balaban J connectivity index is 1.46. The van der Waals surface area contributed by atoms with Gasteiger partial charge in [0.15, 0.2) is 0 Å². The normalized spacial score (nSPS) is 28.5. The van der Waals surface area contributed by atoms with Gasteiger partial charge in [-0.25, -0.2) is 0 Å². The number of piperidine rings is 2. The molecule has 0 bridgehead atoms. The van der Waals surface area contributed by atoms with Crippen LogP contribution in [0.5, 0.6) is 0 Å². The van der Waals surface area contributed by atoms with Crippen LogP contribution in [-0.2, 0) is 7.05 Å². The van der Waals surface area contributed by atoms with Crippen molar-refractivity contribution in [1.29, 1.82) is 0 Å². The zero-order valence-corrected chi connectivity index (χ0v) is 15.1. The summed E-state index contributed by atoms with van der Waals surface area (Å²) in [6.45, 7) is 7.51. The lowest BCUT2D eigenvalue weighted by molar-refractivity contribution is 0.0124. The van der Waals surface area contributed by atoms with E-state index in [1.807, 2.05) is 20.2 Å². The number of hydrogen-bond donors (Lipinski definition) is 0. The molecule has 2 saturated heterocycles. The molecule has 1 aliphatic carbocycles. The Morgan fingerprint density at radius 1 is 1.25 bits per heavy atom. The van der Waals surface area contributed by atoms with Gasteiger partial charge in [0.2, 0.25) is 0 Å². The van der Waals surface area contributed by atoms with Gasteiger partial charge in [0.1, 0.15) is 0 Å². The summed E-state index contributed by atoms with van der Waals surface area (Å²) >= 11 is 0. The van der Waals surface area contributed by atoms with Crippen molar-refractivity contribution in [2.45, 2.75) is 45.4 Å². The third kappa shape index (κ3) is 3.23. The van der Waals surface area contributed by atoms with E-state index in [0.29, 0.717) is 5.41 Å². The molecule has 1 atom stereocenters. The fourth-order valence-electron chi connectivity index (χ4n) is 4.83. The molecular weight excluding hydrogens is 300 g/mol. The molecule has 0 N–H and O–H groups in total. The summed E-state index contributed by atoms with van der Waals surface area (Å²) in [7, 11) is 1.89. The molecular formula is C19H30N4O. The number of carbonyl (C=O) groups excluding carboxylic acids is 1. The van der Waals surface area contributed by atoms with E-state index in [9.17, 15) is 4.79 Å². The molecule has 0 radical (unpaired) electrons. The zero-order chi connectivity index (χ0) is 16.7. The van der Waals surface area contributed by atoms with Crippen molar-refractivity contribution in [3.05, 3.63) is 17.5 Å². The van der Waals surface area contributed by atoms with Crippen LogP contribution >= 0.6 is 0 Å². The summed E-state index contributed by atoms with van der Waals surface area (Å²) in [5, 5.41) is 4.34. The third-order valence-corrected chi connectivity index (χ3v) is 6.15. The molecule has 1 aromatic heterocycles. The summed E-state index contributed by atoms with van der Waals surface area (Å²) in [5.74, 6) is 1.14. The minimum absolute atomic E-state index is 0.180. The lowest BCUT2D eigenvalue weighted by atomic mass is 9.73. The van der Waals surface area contributed by atoms with Gasteiger partial charge in [-0.05, 0) is 57.9 Å². The highest BCUT2D eigenvalue weighted by molar-refractivity contribution is 5.95. The predicted octanol–water partition coefficient (Wildman–Crippen LogP) is 2.46. The van der Waals surface area contributed by atoms with Gasteiger partial charge >= 0.3 is 0 Å². The van der Waals surface area contributed by atoms with Gasteiger partial charge in [-0.2, -0.15) is 5.10 Å². The van der Waals surface area contributed by atoms with E-state index in [2.05, 4.69) is 14.9 Å². The van der Waals surface area contributed by atoms with E-state index in [0.717, 1.165) is 36.7 Å². The number of aromatic nitrogens is 2. The van der Waals surface area contributed by atoms with E-state index >= 15 is 0 Å². The number of rotatable bonds is 3. The predicted molar refractivity (Wildman–Crippen MR) is 93.9 cm³/mol. The van der Waals surface area contributed by atoms with E-state index in [4.69, 9.17) is 0 Å². The summed E-state index contributed by atoms with van der Waals surface area (Å²) in [6, 6.07) is 0. The molecule has 1 saturated carbocycles. The maximum absolute atomic E-state index is 13.0. The molecule has 5 nitrogen and oxygen atoms in total. The van der Waals surface area contributed by atoms with E-state index in [1.54, 1.807) is 4.68 Å². The number of hydrogen-bond acceptors (Lipinski definition) is 3. The van der Waals surface area contributed by atoms with Crippen molar-refractivity contribution in [1.82, 2.24) is 19.6 Å². The SMILES string of the molecule is Cc1nn(C)cc1C(=O)N1CCCC2(CCCN(CC3CC3)C2)C1. The van der Waals surface area contributed by atoms with E-state index in [-0.39, 0.29) is 5.91 Å². The summed E-state index contributed by atoms with van der Waals surface area (Å²) in [5.41, 5.74) is 1.96. The molecule has 1 aromatic rings. The minimum atomic E-state index is 0.180. The minimum Gasteiger partial charge on any atom is -0.338 e. The van der Waals surface area contributed by atoms with Crippen LogP contribution in [0, 0.1) is 18.3 Å². The van der Waals surface area contributed by atoms with Gasteiger partial charge in [-0.15, -0.1) is 0 Å². The molecule has 5 heteroatoms. The Morgan fingerprint density at radius 2 is 2.00 bits per heavy atom. The Hall–Kier alpha value is -1.36. The Labute approximate surface area is 145 Å². The number of likely N-dealkylation sites (tertiary alicyclic amines) is 2. The van der Waals surface area contributed by atoms with Gasteiger partial charge in [0.25, 0.3) is 5.91 Å². The molecule has 4 rings (SSSR count). The topological polar surface area (TPSA) is 41.4 Å². The number of carbonyl (C=O) groups is 1. The van der Waals surface area contributed by atoms with Crippen LogP contribution in [0.1, 0.15) is 54.6 Å². The lowest BCUT2D eigenvalue weighted by Crippen LogP contribution is -2.54. The summed E-state index contributed by atoms with van der Waals surface area (Å²) in [4.78, 5) is 17.8. The summed E-state index contributed by atoms with van der Waals surface area (Å²) in [6.07, 6.45) is 9.72. The molecule has 3 fully saturated rings. The Morgan fingerprint density at radius 3 is 2.67 bits per heavy atom. The first-order chi connectivity index (χ1) is 11.5. The fraction of sp³-hybridized carbons (Fsp3) is 0.789. The molecule has 132 valence electrons. The van der Waals surface area contributed by atoms with Gasteiger partial charge < -0.3 is 9.80 Å². The zero-order valence-electron chi connectivity index (χ0n) is 15.1. The third-order valence-electron chi connectivity index (χ3n) is 6.15. The molecule has 1 amide bonds. The number of aryl methyl sites for hydroxylation is 2. The first-order valence-electron chi connectivity index (χ1n) is 9.57. The highest BCUT2D eigenvalue weighted by Gasteiger charge is 2.41. The average molecular weight is 330 g/mol.